The van der Waals surface area contributed by atoms with Crippen LogP contribution in [0.15, 0.2) is 42.5 Å². The van der Waals surface area contributed by atoms with E-state index in [9.17, 15) is 9.59 Å². The molecular weight excluding hydrogens is 310 g/mol. The molecule has 0 unspecified atom stereocenters. The molecule has 0 radical (unpaired) electrons. The van der Waals surface area contributed by atoms with Gasteiger partial charge in [0, 0.05) is 11.6 Å². The number of methoxy groups -OCH3 is 2. The average molecular weight is 329 g/mol. The zero-order chi connectivity index (χ0) is 17.5. The third-order valence-electron chi connectivity index (χ3n) is 3.28. The summed E-state index contributed by atoms with van der Waals surface area (Å²) in [6.07, 6.45) is 0. The maximum atomic E-state index is 12.5. The van der Waals surface area contributed by atoms with Gasteiger partial charge in [0.1, 0.15) is 11.5 Å². The number of hydrogen-bond acceptors (Lipinski definition) is 5. The van der Waals surface area contributed by atoms with E-state index in [1.807, 2.05) is 0 Å². The molecule has 0 saturated carbocycles. The van der Waals surface area contributed by atoms with Crippen LogP contribution < -0.4 is 14.8 Å². The third-order valence-corrected chi connectivity index (χ3v) is 3.28. The number of ether oxygens (including phenoxy) is 3. The second-order valence-electron chi connectivity index (χ2n) is 4.82. The van der Waals surface area contributed by atoms with Crippen LogP contribution in [-0.4, -0.2) is 32.7 Å². The number of nitrogens with one attached hydrogen (secondary N) is 1. The number of para-hydroxylation sites is 1. The van der Waals surface area contributed by atoms with E-state index in [0.29, 0.717) is 28.3 Å². The van der Waals surface area contributed by atoms with E-state index in [1.54, 1.807) is 49.4 Å². The topological polar surface area (TPSA) is 73.9 Å². The third kappa shape index (κ3) is 4.04. The highest BCUT2D eigenvalue weighted by Gasteiger charge is 2.16. The van der Waals surface area contributed by atoms with Crippen molar-refractivity contribution >= 4 is 17.6 Å². The minimum Gasteiger partial charge on any atom is -0.497 e. The van der Waals surface area contributed by atoms with Crippen molar-refractivity contribution in [1.29, 1.82) is 0 Å². The zero-order valence-electron chi connectivity index (χ0n) is 13.8. The summed E-state index contributed by atoms with van der Waals surface area (Å²) in [6, 6.07) is 11.5. The van der Waals surface area contributed by atoms with E-state index < -0.39 is 5.97 Å². The van der Waals surface area contributed by atoms with Crippen LogP contribution in [0.25, 0.3) is 0 Å². The van der Waals surface area contributed by atoms with Crippen molar-refractivity contribution in [2.75, 3.05) is 26.1 Å². The van der Waals surface area contributed by atoms with Crippen molar-refractivity contribution in [3.8, 4) is 11.5 Å². The molecule has 0 atom stereocenters. The van der Waals surface area contributed by atoms with Crippen LogP contribution in [0.5, 0.6) is 11.5 Å². The van der Waals surface area contributed by atoms with Crippen LogP contribution in [0.3, 0.4) is 0 Å². The van der Waals surface area contributed by atoms with Crippen molar-refractivity contribution < 1.29 is 23.8 Å². The largest absolute Gasteiger partial charge is 0.497 e. The number of rotatable bonds is 6. The molecule has 0 aliphatic carbocycles. The van der Waals surface area contributed by atoms with E-state index >= 15 is 0 Å². The van der Waals surface area contributed by atoms with Crippen molar-refractivity contribution in [3.05, 3.63) is 53.6 Å². The molecule has 1 amide bonds. The Balaban J connectivity index is 2.29. The number of hydrogen-bond donors (Lipinski definition) is 1. The predicted octanol–water partition coefficient (Wildman–Crippen LogP) is 3.13. The van der Waals surface area contributed by atoms with Crippen molar-refractivity contribution in [2.45, 2.75) is 6.92 Å². The van der Waals surface area contributed by atoms with E-state index in [1.165, 1.54) is 14.2 Å². The monoisotopic (exact) mass is 329 g/mol. The molecular formula is C18H19NO5. The molecule has 6 nitrogen and oxygen atoms in total. The summed E-state index contributed by atoms with van der Waals surface area (Å²) in [4.78, 5) is 24.5. The highest BCUT2D eigenvalue weighted by atomic mass is 16.5. The molecule has 0 saturated heterocycles. The molecule has 0 aliphatic heterocycles. The molecule has 0 aliphatic rings. The van der Waals surface area contributed by atoms with Gasteiger partial charge in [-0.15, -0.1) is 0 Å². The number of carbonyl (C=O) groups excluding carboxylic acids is 2. The molecule has 0 bridgehead atoms. The average Bonchev–Trinajstić information content (AvgIpc) is 2.61. The SMILES string of the molecule is CCOC(=O)c1ccccc1NC(=O)c1cc(OC)cc(OC)c1. The fourth-order valence-electron chi connectivity index (χ4n) is 2.11. The molecule has 0 aromatic heterocycles. The van der Waals surface area contributed by atoms with Gasteiger partial charge in [0.25, 0.3) is 5.91 Å². The van der Waals surface area contributed by atoms with Crippen LogP contribution in [-0.2, 0) is 4.74 Å². The van der Waals surface area contributed by atoms with E-state index in [2.05, 4.69) is 5.32 Å². The molecule has 126 valence electrons. The quantitative estimate of drug-likeness (QED) is 0.824. The van der Waals surface area contributed by atoms with Gasteiger partial charge in [0.05, 0.1) is 32.1 Å². The van der Waals surface area contributed by atoms with Gasteiger partial charge in [-0.1, -0.05) is 12.1 Å². The van der Waals surface area contributed by atoms with Crippen LogP contribution in [0.2, 0.25) is 0 Å². The maximum absolute atomic E-state index is 12.5. The first-order valence-corrected chi connectivity index (χ1v) is 7.39. The minimum absolute atomic E-state index is 0.258. The van der Waals surface area contributed by atoms with Crippen LogP contribution in [0, 0.1) is 0 Å². The number of amides is 1. The Kier molecular flexibility index (Phi) is 5.78. The summed E-state index contributed by atoms with van der Waals surface area (Å²) in [6.45, 7) is 1.98. The Labute approximate surface area is 140 Å². The van der Waals surface area contributed by atoms with Crippen LogP contribution >= 0.6 is 0 Å². The molecule has 0 spiro atoms. The molecule has 0 fully saturated rings. The van der Waals surface area contributed by atoms with Gasteiger partial charge in [-0.2, -0.15) is 0 Å². The van der Waals surface area contributed by atoms with Gasteiger partial charge in [-0.05, 0) is 31.2 Å². The van der Waals surface area contributed by atoms with Gasteiger partial charge < -0.3 is 19.5 Å². The summed E-state index contributed by atoms with van der Waals surface area (Å²) in [5.41, 5.74) is 1.02. The number of carbonyl (C=O) groups is 2. The van der Waals surface area contributed by atoms with Gasteiger partial charge in [-0.3, -0.25) is 4.79 Å². The van der Waals surface area contributed by atoms with Gasteiger partial charge in [-0.25, -0.2) is 4.79 Å². The van der Waals surface area contributed by atoms with Gasteiger partial charge >= 0.3 is 5.97 Å². The Bertz CT molecular complexity index is 720. The lowest BCUT2D eigenvalue weighted by Crippen LogP contribution is -2.16. The first-order chi connectivity index (χ1) is 11.6. The van der Waals surface area contributed by atoms with Gasteiger partial charge in [0.15, 0.2) is 0 Å². The second-order valence-corrected chi connectivity index (χ2v) is 4.82. The number of benzene rings is 2. The predicted molar refractivity (Wildman–Crippen MR) is 89.9 cm³/mol. The lowest BCUT2D eigenvalue weighted by Gasteiger charge is -2.12. The van der Waals surface area contributed by atoms with E-state index in [4.69, 9.17) is 14.2 Å². The molecule has 2 aromatic carbocycles. The first kappa shape index (κ1) is 17.3. The molecule has 0 heterocycles. The maximum Gasteiger partial charge on any atom is 0.340 e. The lowest BCUT2D eigenvalue weighted by molar-refractivity contribution is 0.0527. The van der Waals surface area contributed by atoms with Crippen LogP contribution in [0.4, 0.5) is 5.69 Å². The fourth-order valence-corrected chi connectivity index (χ4v) is 2.11. The van der Waals surface area contributed by atoms with Crippen molar-refractivity contribution in [2.24, 2.45) is 0 Å². The highest BCUT2D eigenvalue weighted by Crippen LogP contribution is 2.24. The molecule has 2 rings (SSSR count). The number of anilines is 1. The summed E-state index contributed by atoms with van der Waals surface area (Å²) >= 11 is 0. The Hall–Kier alpha value is -3.02. The fraction of sp³-hybridized carbons (Fsp3) is 0.222. The van der Waals surface area contributed by atoms with Crippen molar-refractivity contribution in [1.82, 2.24) is 0 Å². The Morgan fingerprint density at radius 2 is 1.62 bits per heavy atom. The van der Waals surface area contributed by atoms with E-state index in [0.717, 1.165) is 0 Å². The minimum atomic E-state index is -0.489. The lowest BCUT2D eigenvalue weighted by atomic mass is 10.1. The summed E-state index contributed by atoms with van der Waals surface area (Å²) in [5, 5.41) is 2.72. The summed E-state index contributed by atoms with van der Waals surface area (Å²) in [5.74, 6) is 0.122. The summed E-state index contributed by atoms with van der Waals surface area (Å²) < 4.78 is 15.3. The number of esters is 1. The molecule has 2 aromatic rings. The summed E-state index contributed by atoms with van der Waals surface area (Å²) in [7, 11) is 3.01. The standard InChI is InChI=1S/C18H19NO5/c1-4-24-18(21)15-7-5-6-8-16(15)19-17(20)12-9-13(22-2)11-14(10-12)23-3/h5-11H,4H2,1-3H3,(H,19,20). The Morgan fingerprint density at radius 1 is 1.00 bits per heavy atom. The second kappa shape index (κ2) is 8.01. The normalized spacial score (nSPS) is 9.96. The molecule has 6 heteroatoms. The van der Waals surface area contributed by atoms with Crippen LogP contribution in [0.1, 0.15) is 27.6 Å². The van der Waals surface area contributed by atoms with E-state index in [-0.39, 0.29) is 12.5 Å². The van der Waals surface area contributed by atoms with Gasteiger partial charge in [0.2, 0.25) is 0 Å². The molecule has 1 N–H and O–H groups in total. The molecule has 24 heavy (non-hydrogen) atoms. The smallest absolute Gasteiger partial charge is 0.340 e. The van der Waals surface area contributed by atoms with Crippen molar-refractivity contribution in [3.63, 3.8) is 0 Å². The Morgan fingerprint density at radius 3 is 2.21 bits per heavy atom. The zero-order valence-corrected chi connectivity index (χ0v) is 13.8. The first-order valence-electron chi connectivity index (χ1n) is 7.39. The highest BCUT2D eigenvalue weighted by molar-refractivity contribution is 6.08.